The third kappa shape index (κ3) is 3.37. The molecule has 0 bridgehead atoms. The van der Waals surface area contributed by atoms with Crippen molar-refractivity contribution >= 4 is 28.6 Å². The predicted molar refractivity (Wildman–Crippen MR) is 97.1 cm³/mol. The van der Waals surface area contributed by atoms with E-state index in [-0.39, 0.29) is 11.2 Å². The van der Waals surface area contributed by atoms with Crippen molar-refractivity contribution in [3.05, 3.63) is 34.9 Å². The number of aryl methyl sites for hydroxylation is 3. The summed E-state index contributed by atoms with van der Waals surface area (Å²) in [4.78, 5) is 19.3. The summed E-state index contributed by atoms with van der Waals surface area (Å²) in [5, 5.41) is 2.08. The van der Waals surface area contributed by atoms with Crippen LogP contribution in [-0.4, -0.2) is 34.1 Å². The molecule has 3 nitrogen and oxygen atoms in total. The fourth-order valence-corrected chi connectivity index (χ4v) is 4.30. The van der Waals surface area contributed by atoms with Crippen molar-refractivity contribution in [3.63, 3.8) is 0 Å². The van der Waals surface area contributed by atoms with Crippen molar-refractivity contribution in [2.45, 2.75) is 50.8 Å². The summed E-state index contributed by atoms with van der Waals surface area (Å²) in [6.45, 7) is 10.2. The van der Waals surface area contributed by atoms with E-state index in [1.54, 1.807) is 11.8 Å². The summed E-state index contributed by atoms with van der Waals surface area (Å²) in [7, 11) is 0. The molecule has 1 aliphatic rings. The summed E-state index contributed by atoms with van der Waals surface area (Å²) in [5.41, 5.74) is 4.74. The largest absolute Gasteiger partial charge is 0.342 e. The van der Waals surface area contributed by atoms with Gasteiger partial charge in [-0.05, 0) is 63.8 Å². The van der Waals surface area contributed by atoms with Crippen molar-refractivity contribution in [2.24, 2.45) is 0 Å². The van der Waals surface area contributed by atoms with Gasteiger partial charge in [0.05, 0.1) is 15.8 Å². The topological polar surface area (TPSA) is 33.2 Å². The van der Waals surface area contributed by atoms with E-state index in [1.165, 1.54) is 22.1 Å². The number of pyridine rings is 1. The van der Waals surface area contributed by atoms with Gasteiger partial charge in [0.25, 0.3) is 0 Å². The number of carbonyl (C=O) groups excluding carboxylic acids is 1. The summed E-state index contributed by atoms with van der Waals surface area (Å²) < 4.78 is 0. The predicted octanol–water partition coefficient (Wildman–Crippen LogP) is 4.26. The molecule has 1 amide bonds. The van der Waals surface area contributed by atoms with Gasteiger partial charge in [0, 0.05) is 18.5 Å². The molecule has 0 spiro atoms. The Kier molecular flexibility index (Phi) is 4.62. The summed E-state index contributed by atoms with van der Waals surface area (Å²) in [6.07, 6.45) is 2.27. The number of rotatable bonds is 3. The first-order valence-electron chi connectivity index (χ1n) is 8.30. The van der Waals surface area contributed by atoms with Crippen LogP contribution in [0.3, 0.4) is 0 Å². The second kappa shape index (κ2) is 6.52. The van der Waals surface area contributed by atoms with Crippen LogP contribution in [0.2, 0.25) is 0 Å². The minimum atomic E-state index is -0.0804. The van der Waals surface area contributed by atoms with E-state index in [0.29, 0.717) is 0 Å². The normalized spacial score (nSPS) is 16.1. The first-order valence-corrected chi connectivity index (χ1v) is 9.17. The molecule has 0 unspecified atom stereocenters. The zero-order chi connectivity index (χ0) is 16.6. The Morgan fingerprint density at radius 3 is 2.52 bits per heavy atom. The van der Waals surface area contributed by atoms with Crippen LogP contribution < -0.4 is 0 Å². The van der Waals surface area contributed by atoms with Gasteiger partial charge >= 0.3 is 0 Å². The highest BCUT2D eigenvalue weighted by Gasteiger charge is 2.24. The molecular formula is C19H24N2OS. The standard InChI is InChI=1S/C19H24N2OS/c1-12-9-14(3)18-16(10-12)13(2)11-17(20-18)23-15(4)19(22)21-7-5-6-8-21/h9-11,15H,5-8H2,1-4H3/t15-/m0/s1. The number of likely N-dealkylation sites (tertiary alicyclic amines) is 1. The number of carbonyl (C=O) groups is 1. The van der Waals surface area contributed by atoms with E-state index >= 15 is 0 Å². The van der Waals surface area contributed by atoms with Crippen LogP contribution in [0.5, 0.6) is 0 Å². The van der Waals surface area contributed by atoms with Crippen LogP contribution in [0.1, 0.15) is 36.5 Å². The maximum atomic E-state index is 12.5. The molecule has 1 atom stereocenters. The van der Waals surface area contributed by atoms with Crippen molar-refractivity contribution in [2.75, 3.05) is 13.1 Å². The van der Waals surface area contributed by atoms with Crippen LogP contribution >= 0.6 is 11.8 Å². The number of thioether (sulfide) groups is 1. The Morgan fingerprint density at radius 2 is 1.83 bits per heavy atom. The molecule has 1 fully saturated rings. The van der Waals surface area contributed by atoms with E-state index in [1.807, 2.05) is 11.8 Å². The van der Waals surface area contributed by atoms with Crippen LogP contribution in [0, 0.1) is 20.8 Å². The first-order chi connectivity index (χ1) is 11.0. The van der Waals surface area contributed by atoms with Gasteiger partial charge in [-0.2, -0.15) is 0 Å². The molecule has 3 rings (SSSR count). The van der Waals surface area contributed by atoms with E-state index in [9.17, 15) is 4.79 Å². The van der Waals surface area contributed by atoms with Gasteiger partial charge in [-0.15, -0.1) is 0 Å². The third-order valence-corrected chi connectivity index (χ3v) is 5.50. The van der Waals surface area contributed by atoms with E-state index in [0.717, 1.165) is 36.5 Å². The van der Waals surface area contributed by atoms with Crippen LogP contribution in [0.25, 0.3) is 10.9 Å². The average molecular weight is 328 g/mol. The highest BCUT2D eigenvalue weighted by atomic mass is 32.2. The molecule has 0 saturated carbocycles. The number of aromatic nitrogens is 1. The second-order valence-electron chi connectivity index (χ2n) is 6.55. The molecule has 4 heteroatoms. The molecule has 2 aromatic rings. The zero-order valence-electron chi connectivity index (χ0n) is 14.3. The highest BCUT2D eigenvalue weighted by molar-refractivity contribution is 8.00. The molecule has 0 radical (unpaired) electrons. The van der Waals surface area contributed by atoms with Gasteiger partial charge in [-0.1, -0.05) is 23.4 Å². The van der Waals surface area contributed by atoms with Gasteiger partial charge in [0.1, 0.15) is 0 Å². The zero-order valence-corrected chi connectivity index (χ0v) is 15.2. The number of fused-ring (bicyclic) bond motifs is 1. The Hall–Kier alpha value is -1.55. The van der Waals surface area contributed by atoms with Gasteiger partial charge in [-0.3, -0.25) is 4.79 Å². The Labute approximate surface area is 142 Å². The maximum absolute atomic E-state index is 12.5. The molecule has 0 N–H and O–H groups in total. The van der Waals surface area contributed by atoms with Gasteiger partial charge in [0.2, 0.25) is 5.91 Å². The lowest BCUT2D eigenvalue weighted by Crippen LogP contribution is -2.34. The number of nitrogens with zero attached hydrogens (tertiary/aromatic N) is 2. The fourth-order valence-electron chi connectivity index (χ4n) is 3.30. The maximum Gasteiger partial charge on any atom is 0.235 e. The molecule has 1 aromatic carbocycles. The lowest BCUT2D eigenvalue weighted by atomic mass is 10.0. The first kappa shape index (κ1) is 16.3. The molecule has 2 heterocycles. The number of amides is 1. The van der Waals surface area contributed by atoms with Crippen LogP contribution in [0.4, 0.5) is 0 Å². The number of benzene rings is 1. The molecule has 23 heavy (non-hydrogen) atoms. The van der Waals surface area contributed by atoms with Crippen molar-refractivity contribution in [3.8, 4) is 0 Å². The van der Waals surface area contributed by atoms with Gasteiger partial charge < -0.3 is 4.90 Å². The Morgan fingerprint density at radius 1 is 1.13 bits per heavy atom. The summed E-state index contributed by atoms with van der Waals surface area (Å²) >= 11 is 1.58. The lowest BCUT2D eigenvalue weighted by molar-refractivity contribution is -0.129. The van der Waals surface area contributed by atoms with Crippen molar-refractivity contribution < 1.29 is 4.79 Å². The van der Waals surface area contributed by atoms with Crippen LogP contribution in [0.15, 0.2) is 23.2 Å². The monoisotopic (exact) mass is 328 g/mol. The van der Waals surface area contributed by atoms with Gasteiger partial charge in [-0.25, -0.2) is 4.98 Å². The molecule has 1 aromatic heterocycles. The Bertz CT molecular complexity index is 751. The van der Waals surface area contributed by atoms with E-state index in [4.69, 9.17) is 4.98 Å². The minimum Gasteiger partial charge on any atom is -0.342 e. The number of hydrogen-bond acceptors (Lipinski definition) is 3. The fraction of sp³-hybridized carbons (Fsp3) is 0.474. The Balaban J connectivity index is 1.87. The van der Waals surface area contributed by atoms with E-state index < -0.39 is 0 Å². The minimum absolute atomic E-state index is 0.0804. The molecule has 1 saturated heterocycles. The van der Waals surface area contributed by atoms with Gasteiger partial charge in [0.15, 0.2) is 0 Å². The van der Waals surface area contributed by atoms with Crippen LogP contribution in [-0.2, 0) is 4.79 Å². The SMILES string of the molecule is Cc1cc(C)c2nc(S[C@@H](C)C(=O)N3CCCC3)cc(C)c2c1. The highest BCUT2D eigenvalue weighted by Crippen LogP contribution is 2.30. The van der Waals surface area contributed by atoms with Crippen molar-refractivity contribution in [1.29, 1.82) is 0 Å². The average Bonchev–Trinajstić information content (AvgIpc) is 3.02. The second-order valence-corrected chi connectivity index (χ2v) is 7.91. The molecule has 0 aliphatic carbocycles. The molecule has 1 aliphatic heterocycles. The summed E-state index contributed by atoms with van der Waals surface area (Å²) in [6, 6.07) is 6.47. The number of hydrogen-bond donors (Lipinski definition) is 0. The lowest BCUT2D eigenvalue weighted by Gasteiger charge is -2.20. The van der Waals surface area contributed by atoms with E-state index in [2.05, 4.69) is 39.0 Å². The molecule has 122 valence electrons. The van der Waals surface area contributed by atoms with Crippen molar-refractivity contribution in [1.82, 2.24) is 9.88 Å². The molecular weight excluding hydrogens is 304 g/mol. The summed E-state index contributed by atoms with van der Waals surface area (Å²) in [5.74, 6) is 0.243. The third-order valence-electron chi connectivity index (χ3n) is 4.49. The quantitative estimate of drug-likeness (QED) is 0.789. The smallest absolute Gasteiger partial charge is 0.235 e.